The van der Waals surface area contributed by atoms with E-state index >= 15 is 0 Å². The molecule has 0 saturated carbocycles. The Kier molecular flexibility index (Phi) is 8.10. The topological polar surface area (TPSA) is 74.3 Å². The second-order valence-electron chi connectivity index (χ2n) is 12.7. The van der Waals surface area contributed by atoms with Gasteiger partial charge in [-0.25, -0.2) is 4.99 Å². The lowest BCUT2D eigenvalue weighted by molar-refractivity contribution is 0.342. The van der Waals surface area contributed by atoms with Crippen molar-refractivity contribution in [2.45, 2.75) is 30.7 Å². The number of nitrogens with zero attached hydrogens (tertiary/aromatic N) is 1. The standard InChI is InChI=1S/C42H38N4S/c43-40(35-24-10-16-28-13-2-5-19-31(28)35)47-41(44)36-22-8-7-21-34(36)39-26-38(33-23-9-15-27-12-1-4-18-30(27)33)45-42(46-39)37-25-11-17-29-14-3-6-20-32(29)37/h1-8,10-16,18-22,24-26,29-30,33,38,40,44H,9,17,23,43H2,(H,45,46). The maximum absolute atomic E-state index is 9.34. The third kappa shape index (κ3) is 5.75. The highest BCUT2D eigenvalue weighted by molar-refractivity contribution is 8.14. The lowest BCUT2D eigenvalue weighted by Crippen LogP contribution is -2.45. The zero-order chi connectivity index (χ0) is 31.7. The third-order valence-corrected chi connectivity index (χ3v) is 10.9. The van der Waals surface area contributed by atoms with Gasteiger partial charge in [0.15, 0.2) is 0 Å². The fraction of sp³-hybridized carbons (Fsp3) is 0.190. The Bertz CT molecular complexity index is 2030. The van der Waals surface area contributed by atoms with Crippen LogP contribution in [-0.2, 0) is 0 Å². The van der Waals surface area contributed by atoms with E-state index in [-0.39, 0.29) is 11.4 Å². The van der Waals surface area contributed by atoms with Gasteiger partial charge in [-0.1, -0.05) is 145 Å². The summed E-state index contributed by atoms with van der Waals surface area (Å²) in [5, 5.41) is 15.6. The minimum Gasteiger partial charge on any atom is -0.363 e. The first-order valence-corrected chi connectivity index (χ1v) is 17.5. The number of allylic oxidation sites excluding steroid dienone is 12. The van der Waals surface area contributed by atoms with Crippen molar-refractivity contribution in [1.29, 1.82) is 5.41 Å². The molecule has 1 heterocycles. The molecular formula is C42H38N4S. The fourth-order valence-corrected chi connectivity index (χ4v) is 8.54. The number of amidine groups is 1. The predicted octanol–water partition coefficient (Wildman–Crippen LogP) is 9.34. The van der Waals surface area contributed by atoms with Crippen molar-refractivity contribution in [3.05, 3.63) is 173 Å². The van der Waals surface area contributed by atoms with Crippen molar-refractivity contribution in [3.63, 3.8) is 0 Å². The van der Waals surface area contributed by atoms with Gasteiger partial charge in [0, 0.05) is 28.5 Å². The molecule has 5 unspecified atom stereocenters. The highest BCUT2D eigenvalue weighted by Gasteiger charge is 2.35. The smallest absolute Gasteiger partial charge is 0.134 e. The summed E-state index contributed by atoms with van der Waals surface area (Å²) in [6.45, 7) is 0. The summed E-state index contributed by atoms with van der Waals surface area (Å²) in [6, 6.07) is 22.8. The highest BCUT2D eigenvalue weighted by atomic mass is 32.2. The summed E-state index contributed by atoms with van der Waals surface area (Å²) in [6.07, 6.45) is 30.2. The van der Waals surface area contributed by atoms with Crippen LogP contribution in [0.5, 0.6) is 0 Å². The van der Waals surface area contributed by atoms with Crippen LogP contribution in [0.25, 0.3) is 16.5 Å². The van der Waals surface area contributed by atoms with Gasteiger partial charge in [-0.2, -0.15) is 0 Å². The lowest BCUT2D eigenvalue weighted by atomic mass is 9.72. The molecular weight excluding hydrogens is 593 g/mol. The number of hydrogen-bond donors (Lipinski definition) is 3. The quantitative estimate of drug-likeness (QED) is 0.144. The Morgan fingerprint density at radius 2 is 1.74 bits per heavy atom. The Balaban J connectivity index is 1.18. The Morgan fingerprint density at radius 1 is 0.915 bits per heavy atom. The Labute approximate surface area is 281 Å². The molecule has 0 aromatic heterocycles. The minimum absolute atomic E-state index is 0.0835. The first-order chi connectivity index (χ1) is 23.1. The van der Waals surface area contributed by atoms with Crippen molar-refractivity contribution in [1.82, 2.24) is 5.32 Å². The van der Waals surface area contributed by atoms with E-state index in [2.05, 4.69) is 115 Å². The van der Waals surface area contributed by atoms with E-state index in [0.29, 0.717) is 22.8 Å². The number of hydrogen-bond acceptors (Lipinski definition) is 5. The molecule has 5 atom stereocenters. The molecule has 47 heavy (non-hydrogen) atoms. The average molecular weight is 631 g/mol. The summed E-state index contributed by atoms with van der Waals surface area (Å²) in [5.74, 6) is 2.01. The molecule has 3 aromatic rings. The summed E-state index contributed by atoms with van der Waals surface area (Å²) < 4.78 is 0. The van der Waals surface area contributed by atoms with Crippen LogP contribution in [0.2, 0.25) is 0 Å². The van der Waals surface area contributed by atoms with Gasteiger partial charge in [-0.05, 0) is 58.7 Å². The van der Waals surface area contributed by atoms with E-state index in [0.717, 1.165) is 63.8 Å². The zero-order valence-corrected chi connectivity index (χ0v) is 27.0. The largest absolute Gasteiger partial charge is 0.363 e. The van der Waals surface area contributed by atoms with E-state index in [4.69, 9.17) is 10.7 Å². The summed E-state index contributed by atoms with van der Waals surface area (Å²) in [7, 11) is 0. The van der Waals surface area contributed by atoms with Gasteiger partial charge in [0.25, 0.3) is 0 Å². The molecule has 0 saturated heterocycles. The lowest BCUT2D eigenvalue weighted by Gasteiger charge is -2.38. The van der Waals surface area contributed by atoms with E-state index in [1.807, 2.05) is 30.3 Å². The Hall–Kier alpha value is -4.71. The molecule has 0 radical (unpaired) electrons. The molecule has 4 nitrogen and oxygen atoms in total. The summed E-state index contributed by atoms with van der Waals surface area (Å²) in [5.41, 5.74) is 14.5. The number of fused-ring (bicyclic) bond motifs is 3. The molecule has 0 amide bonds. The number of aliphatic imine (C=N–C) groups is 1. The van der Waals surface area contributed by atoms with E-state index in [9.17, 15) is 5.41 Å². The molecule has 0 spiro atoms. The minimum atomic E-state index is -0.378. The van der Waals surface area contributed by atoms with Crippen molar-refractivity contribution < 1.29 is 0 Å². The summed E-state index contributed by atoms with van der Waals surface area (Å²) in [4.78, 5) is 5.35. The van der Waals surface area contributed by atoms with E-state index in [1.165, 1.54) is 22.9 Å². The van der Waals surface area contributed by atoms with Gasteiger partial charge < -0.3 is 11.1 Å². The van der Waals surface area contributed by atoms with Crippen LogP contribution < -0.4 is 11.1 Å². The van der Waals surface area contributed by atoms with E-state index < -0.39 is 0 Å². The predicted molar refractivity (Wildman–Crippen MR) is 199 cm³/mol. The number of rotatable bonds is 6. The summed E-state index contributed by atoms with van der Waals surface area (Å²) >= 11 is 1.39. The van der Waals surface area contributed by atoms with Crippen LogP contribution >= 0.6 is 11.8 Å². The van der Waals surface area contributed by atoms with Crippen LogP contribution in [0, 0.1) is 23.2 Å². The van der Waals surface area contributed by atoms with Crippen molar-refractivity contribution in [3.8, 4) is 0 Å². The number of thioether (sulfide) groups is 1. The first-order valence-electron chi connectivity index (χ1n) is 16.6. The fourth-order valence-electron chi connectivity index (χ4n) is 7.65. The van der Waals surface area contributed by atoms with Gasteiger partial charge in [0.1, 0.15) is 5.84 Å². The molecule has 3 aromatic carbocycles. The van der Waals surface area contributed by atoms with Gasteiger partial charge in [-0.3, -0.25) is 5.41 Å². The Morgan fingerprint density at radius 3 is 2.70 bits per heavy atom. The molecule has 1 aliphatic heterocycles. The normalized spacial score (nSPS) is 25.0. The van der Waals surface area contributed by atoms with Crippen LogP contribution in [-0.4, -0.2) is 16.9 Å². The van der Waals surface area contributed by atoms with E-state index in [1.54, 1.807) is 0 Å². The van der Waals surface area contributed by atoms with Crippen molar-refractivity contribution in [2.24, 2.45) is 28.5 Å². The number of nitrogens with two attached hydrogens (primary N) is 1. The molecule has 0 bridgehead atoms. The zero-order valence-electron chi connectivity index (χ0n) is 26.2. The van der Waals surface area contributed by atoms with Gasteiger partial charge in [-0.15, -0.1) is 0 Å². The number of benzene rings is 3. The molecule has 4 N–H and O–H groups in total. The van der Waals surface area contributed by atoms with Crippen molar-refractivity contribution >= 4 is 39.1 Å². The highest BCUT2D eigenvalue weighted by Crippen LogP contribution is 2.41. The number of nitrogens with one attached hydrogen (secondary N) is 2. The van der Waals surface area contributed by atoms with Crippen LogP contribution in [0.4, 0.5) is 0 Å². The van der Waals surface area contributed by atoms with Gasteiger partial charge in [0.05, 0.1) is 22.2 Å². The van der Waals surface area contributed by atoms with Crippen LogP contribution in [0.3, 0.4) is 0 Å². The van der Waals surface area contributed by atoms with Crippen molar-refractivity contribution in [2.75, 3.05) is 0 Å². The van der Waals surface area contributed by atoms with Crippen LogP contribution in [0.15, 0.2) is 161 Å². The maximum atomic E-state index is 9.34. The monoisotopic (exact) mass is 630 g/mol. The molecule has 5 aliphatic rings. The van der Waals surface area contributed by atoms with Gasteiger partial charge >= 0.3 is 0 Å². The van der Waals surface area contributed by atoms with Gasteiger partial charge in [0.2, 0.25) is 0 Å². The maximum Gasteiger partial charge on any atom is 0.134 e. The second kappa shape index (κ2) is 12.8. The van der Waals surface area contributed by atoms with Crippen LogP contribution in [0.1, 0.15) is 41.3 Å². The molecule has 8 rings (SSSR count). The molecule has 4 aliphatic carbocycles. The molecule has 5 heteroatoms. The second-order valence-corrected chi connectivity index (χ2v) is 13.9. The third-order valence-electron chi connectivity index (χ3n) is 9.97. The SMILES string of the molecule is N=C(SC(N)c1cccc2ccccc12)c1ccccc1C1=CC(C2CCC=C3C=CC=CC32)NC(C2=C3C=CC=CC3CC=C2)=N1. The molecule has 0 fully saturated rings. The average Bonchev–Trinajstić information content (AvgIpc) is 3.14. The first kappa shape index (κ1) is 29.7. The molecule has 232 valence electrons.